The third-order valence-electron chi connectivity index (χ3n) is 3.45. The first kappa shape index (κ1) is 14.9. The Morgan fingerprint density at radius 2 is 2.17 bits per heavy atom. The number of hydrogen-bond acceptors (Lipinski definition) is 4. The number of carboxylic acid groups (broad SMARTS) is 1. The Bertz CT molecular complexity index is 308. The van der Waals surface area contributed by atoms with Gasteiger partial charge >= 0.3 is 5.97 Å². The van der Waals surface area contributed by atoms with Crippen molar-refractivity contribution in [3.05, 3.63) is 0 Å². The molecule has 1 heterocycles. The van der Waals surface area contributed by atoms with E-state index in [9.17, 15) is 9.59 Å². The first-order chi connectivity index (χ1) is 8.45. The molecule has 1 amide bonds. The van der Waals surface area contributed by atoms with Crippen molar-refractivity contribution < 1.29 is 19.4 Å². The lowest BCUT2D eigenvalue weighted by molar-refractivity contribution is -0.149. The number of carbonyl (C=O) groups is 2. The van der Waals surface area contributed by atoms with Crippen molar-refractivity contribution in [3.8, 4) is 0 Å². The smallest absolute Gasteiger partial charge is 0.332 e. The lowest BCUT2D eigenvalue weighted by Gasteiger charge is -2.19. The summed E-state index contributed by atoms with van der Waals surface area (Å²) in [5, 5.41) is 11.5. The Hall–Kier alpha value is -1.14. The van der Waals surface area contributed by atoms with E-state index in [2.05, 4.69) is 5.32 Å². The summed E-state index contributed by atoms with van der Waals surface area (Å²) in [4.78, 5) is 22.4. The number of aliphatic carboxylic acids is 1. The maximum Gasteiger partial charge on any atom is 0.332 e. The minimum Gasteiger partial charge on any atom is -0.479 e. The Balaban J connectivity index is 2.29. The van der Waals surface area contributed by atoms with E-state index in [4.69, 9.17) is 15.6 Å². The quantitative estimate of drug-likeness (QED) is 0.627. The van der Waals surface area contributed by atoms with E-state index in [1.807, 2.05) is 13.8 Å². The predicted octanol–water partition coefficient (Wildman–Crippen LogP) is 0.108. The van der Waals surface area contributed by atoms with Gasteiger partial charge in [0.25, 0.3) is 0 Å². The van der Waals surface area contributed by atoms with Crippen LogP contribution in [0.25, 0.3) is 0 Å². The first-order valence-electron chi connectivity index (χ1n) is 6.37. The number of hydrogen-bond donors (Lipinski definition) is 3. The summed E-state index contributed by atoms with van der Waals surface area (Å²) >= 11 is 0. The molecule has 1 fully saturated rings. The van der Waals surface area contributed by atoms with E-state index >= 15 is 0 Å². The van der Waals surface area contributed by atoms with Gasteiger partial charge in [0.2, 0.25) is 5.91 Å². The highest BCUT2D eigenvalue weighted by Gasteiger charge is 2.31. The summed E-state index contributed by atoms with van der Waals surface area (Å²) in [6, 6.07) is -0.522. The van der Waals surface area contributed by atoms with Crippen LogP contribution in [0.4, 0.5) is 0 Å². The highest BCUT2D eigenvalue weighted by atomic mass is 16.5. The van der Waals surface area contributed by atoms with Gasteiger partial charge in [0.05, 0.1) is 12.1 Å². The molecule has 0 saturated carbocycles. The fraction of sp³-hybridized carbons (Fsp3) is 0.833. The minimum absolute atomic E-state index is 0.126. The van der Waals surface area contributed by atoms with Crippen molar-refractivity contribution in [2.45, 2.75) is 51.4 Å². The molecule has 1 aliphatic heterocycles. The summed E-state index contributed by atoms with van der Waals surface area (Å²) in [7, 11) is 0. The number of carboxylic acids is 1. The second-order valence-corrected chi connectivity index (χ2v) is 4.82. The molecular formula is C12H22N2O4. The predicted molar refractivity (Wildman–Crippen MR) is 66.0 cm³/mol. The van der Waals surface area contributed by atoms with Crippen LogP contribution >= 0.6 is 0 Å². The monoisotopic (exact) mass is 258 g/mol. The van der Waals surface area contributed by atoms with Crippen LogP contribution in [0.3, 0.4) is 0 Å². The molecule has 0 aromatic heterocycles. The molecule has 0 bridgehead atoms. The maximum atomic E-state index is 11.7. The average Bonchev–Trinajstić information content (AvgIpc) is 2.82. The molecule has 6 nitrogen and oxygen atoms in total. The zero-order valence-corrected chi connectivity index (χ0v) is 10.9. The number of nitrogens with two attached hydrogens (primary N) is 1. The third kappa shape index (κ3) is 3.96. The number of nitrogens with one attached hydrogen (secondary N) is 1. The zero-order valence-electron chi connectivity index (χ0n) is 10.9. The van der Waals surface area contributed by atoms with E-state index in [-0.39, 0.29) is 17.9 Å². The number of amides is 1. The van der Waals surface area contributed by atoms with Crippen molar-refractivity contribution in [1.82, 2.24) is 5.32 Å². The normalized spacial score (nSPS) is 26.6. The van der Waals surface area contributed by atoms with Gasteiger partial charge in [0.1, 0.15) is 0 Å². The Morgan fingerprint density at radius 1 is 1.50 bits per heavy atom. The van der Waals surface area contributed by atoms with Crippen molar-refractivity contribution in [3.63, 3.8) is 0 Å². The standard InChI is InChI=1S/C12H22N2O4/c1-3-7(2)10(13)11(15)14-6-8-4-5-9(18-8)12(16)17/h7-10H,3-6,13H2,1-2H3,(H,14,15)(H,16,17)/t7-,8?,9?,10-/m0/s1. The second kappa shape index (κ2) is 6.70. The van der Waals surface area contributed by atoms with E-state index in [1.165, 1.54) is 0 Å². The SMILES string of the molecule is CC[C@H](C)[C@H](N)C(=O)NCC1CCC(C(=O)O)O1. The molecule has 2 unspecified atom stereocenters. The molecule has 0 aromatic rings. The van der Waals surface area contributed by atoms with E-state index in [1.54, 1.807) is 0 Å². The number of rotatable bonds is 6. The van der Waals surface area contributed by atoms with Gasteiger partial charge in [-0.1, -0.05) is 20.3 Å². The highest BCUT2D eigenvalue weighted by Crippen LogP contribution is 2.19. The van der Waals surface area contributed by atoms with Gasteiger partial charge in [-0.25, -0.2) is 4.79 Å². The first-order valence-corrected chi connectivity index (χ1v) is 6.37. The van der Waals surface area contributed by atoms with Crippen LogP contribution in [-0.4, -0.2) is 41.8 Å². The maximum absolute atomic E-state index is 11.7. The highest BCUT2D eigenvalue weighted by molar-refractivity contribution is 5.81. The third-order valence-corrected chi connectivity index (χ3v) is 3.45. The van der Waals surface area contributed by atoms with Crippen LogP contribution in [0.5, 0.6) is 0 Å². The Morgan fingerprint density at radius 3 is 2.67 bits per heavy atom. The van der Waals surface area contributed by atoms with Crippen molar-refractivity contribution >= 4 is 11.9 Å². The molecule has 0 radical (unpaired) electrons. The molecule has 4 N–H and O–H groups in total. The van der Waals surface area contributed by atoms with Crippen LogP contribution in [0.15, 0.2) is 0 Å². The summed E-state index contributed by atoms with van der Waals surface area (Å²) < 4.78 is 5.28. The number of carbonyl (C=O) groups excluding carboxylic acids is 1. The van der Waals surface area contributed by atoms with Crippen molar-refractivity contribution in [1.29, 1.82) is 0 Å². The van der Waals surface area contributed by atoms with E-state index in [0.717, 1.165) is 6.42 Å². The van der Waals surface area contributed by atoms with Gasteiger partial charge < -0.3 is 20.9 Å². The molecule has 1 aliphatic rings. The van der Waals surface area contributed by atoms with Crippen molar-refractivity contribution in [2.75, 3.05) is 6.54 Å². The van der Waals surface area contributed by atoms with Crippen LogP contribution < -0.4 is 11.1 Å². The van der Waals surface area contributed by atoms with Crippen molar-refractivity contribution in [2.24, 2.45) is 11.7 Å². The molecule has 1 saturated heterocycles. The van der Waals surface area contributed by atoms with Gasteiger partial charge in [-0.3, -0.25) is 4.79 Å². The van der Waals surface area contributed by atoms with Gasteiger partial charge in [0, 0.05) is 6.54 Å². The second-order valence-electron chi connectivity index (χ2n) is 4.82. The van der Waals surface area contributed by atoms with Crippen LogP contribution in [0.1, 0.15) is 33.1 Å². The lowest BCUT2D eigenvalue weighted by atomic mass is 9.99. The fourth-order valence-corrected chi connectivity index (χ4v) is 1.88. The lowest BCUT2D eigenvalue weighted by Crippen LogP contribution is -2.46. The number of ether oxygens (including phenoxy) is 1. The molecule has 18 heavy (non-hydrogen) atoms. The molecular weight excluding hydrogens is 236 g/mol. The Labute approximate surface area is 107 Å². The molecule has 4 atom stereocenters. The zero-order chi connectivity index (χ0) is 13.7. The summed E-state index contributed by atoms with van der Waals surface area (Å²) in [6.45, 7) is 4.23. The average molecular weight is 258 g/mol. The van der Waals surface area contributed by atoms with Gasteiger partial charge in [0.15, 0.2) is 6.10 Å². The topological polar surface area (TPSA) is 102 Å². The molecule has 104 valence electrons. The molecule has 0 aromatic carbocycles. The van der Waals surface area contributed by atoms with E-state index in [0.29, 0.717) is 19.4 Å². The van der Waals surface area contributed by atoms with Gasteiger partial charge in [-0.15, -0.1) is 0 Å². The van der Waals surface area contributed by atoms with Gasteiger partial charge in [-0.2, -0.15) is 0 Å². The molecule has 0 spiro atoms. The summed E-state index contributed by atoms with van der Waals surface area (Å²) in [5.41, 5.74) is 5.78. The molecule has 0 aliphatic carbocycles. The molecule has 1 rings (SSSR count). The van der Waals surface area contributed by atoms with Crippen LogP contribution in [0, 0.1) is 5.92 Å². The minimum atomic E-state index is -0.944. The Kier molecular flexibility index (Phi) is 5.55. The summed E-state index contributed by atoms with van der Waals surface area (Å²) in [6.07, 6.45) is 1.02. The molecule has 6 heteroatoms. The summed E-state index contributed by atoms with van der Waals surface area (Å²) in [5.74, 6) is -1.02. The van der Waals surface area contributed by atoms with Crippen LogP contribution in [-0.2, 0) is 14.3 Å². The fourth-order valence-electron chi connectivity index (χ4n) is 1.88. The van der Waals surface area contributed by atoms with Gasteiger partial charge in [-0.05, 0) is 18.8 Å². The van der Waals surface area contributed by atoms with E-state index < -0.39 is 18.1 Å². The largest absolute Gasteiger partial charge is 0.479 e. The van der Waals surface area contributed by atoms with Crippen LogP contribution in [0.2, 0.25) is 0 Å².